The molecule has 0 aromatic heterocycles. The Morgan fingerprint density at radius 1 is 0.766 bits per heavy atom. The summed E-state index contributed by atoms with van der Waals surface area (Å²) in [6.45, 7) is 1.85. The van der Waals surface area contributed by atoms with E-state index >= 15 is 0 Å². The van der Waals surface area contributed by atoms with Gasteiger partial charge in [0, 0.05) is 19.2 Å². The molecule has 0 N–H and O–H groups in total. The number of methoxy groups -OCH3 is 2. The van der Waals surface area contributed by atoms with Gasteiger partial charge in [-0.3, -0.25) is 0 Å². The molecule has 0 saturated carbocycles. The highest BCUT2D eigenvalue weighted by atomic mass is 32.2. The van der Waals surface area contributed by atoms with Crippen LogP contribution in [0, 0.1) is 0 Å². The second kappa shape index (κ2) is 15.3. The Morgan fingerprint density at radius 2 is 1.32 bits per heavy atom. The minimum atomic E-state index is -3.46. The van der Waals surface area contributed by atoms with E-state index in [9.17, 15) is 8.42 Å². The maximum Gasteiger partial charge on any atom is 0.259 e. The van der Waals surface area contributed by atoms with Crippen LogP contribution in [0.25, 0.3) is 0 Å². The lowest BCUT2D eigenvalue weighted by atomic mass is 9.80. The number of fused-ring (bicyclic) bond motifs is 1. The molecule has 2 aliphatic heterocycles. The van der Waals surface area contributed by atoms with E-state index in [0.29, 0.717) is 18.1 Å². The van der Waals surface area contributed by atoms with Crippen molar-refractivity contribution in [3.05, 3.63) is 126 Å². The number of hydrogen-bond acceptors (Lipinski definition) is 8. The summed E-state index contributed by atoms with van der Waals surface area (Å²) in [5.74, 6) is 1.52. The minimum absolute atomic E-state index is 0.0352. The van der Waals surface area contributed by atoms with Gasteiger partial charge in [-0.2, -0.15) is 0 Å². The van der Waals surface area contributed by atoms with Crippen LogP contribution in [0.4, 0.5) is 0 Å². The SMILES string of the molecule is COc1ccc(C(OCCCCO[P@]2O[C@H](CS(=O)(=O)c3ccccc3)[C@@H]3CCCN32)(c2ccccc2)c2ccc(OC)cc2)cc1. The fourth-order valence-electron chi connectivity index (χ4n) is 6.44. The van der Waals surface area contributed by atoms with E-state index in [-0.39, 0.29) is 11.8 Å². The molecule has 8 nitrogen and oxygen atoms in total. The van der Waals surface area contributed by atoms with Crippen LogP contribution >= 0.6 is 8.53 Å². The van der Waals surface area contributed by atoms with Crippen molar-refractivity contribution in [1.29, 1.82) is 0 Å². The highest BCUT2D eigenvalue weighted by molar-refractivity contribution is 7.91. The molecular formula is C37H42NO7PS. The van der Waals surface area contributed by atoms with E-state index in [1.807, 2.05) is 48.5 Å². The van der Waals surface area contributed by atoms with Gasteiger partial charge in [0.25, 0.3) is 8.53 Å². The molecule has 4 aromatic rings. The Balaban J connectivity index is 1.12. The average molecular weight is 676 g/mol. The standard InChI is InChI=1S/C37H42NO7PS/c1-41-32-21-17-30(18-22-32)37(29-12-5-3-6-13-29,31-19-23-33(42-2)24-20-31)43-26-9-10-27-44-46-38-25-11-16-35(38)36(45-46)28-47(39,40)34-14-7-4-8-15-34/h3-8,12-15,17-24,35-36H,9-11,16,25-28H2,1-2H3/t35-,36+,46+/m0/s1. The lowest BCUT2D eigenvalue weighted by Crippen LogP contribution is -2.33. The first-order valence-corrected chi connectivity index (χ1v) is 18.9. The predicted molar refractivity (Wildman–Crippen MR) is 183 cm³/mol. The topological polar surface area (TPSA) is 83.5 Å². The van der Waals surface area contributed by atoms with Crippen molar-refractivity contribution in [3.8, 4) is 11.5 Å². The molecule has 4 aromatic carbocycles. The van der Waals surface area contributed by atoms with Gasteiger partial charge in [-0.25, -0.2) is 13.1 Å². The fourth-order valence-corrected chi connectivity index (χ4v) is 9.90. The van der Waals surface area contributed by atoms with E-state index in [2.05, 4.69) is 41.1 Å². The molecule has 0 bridgehead atoms. The summed E-state index contributed by atoms with van der Waals surface area (Å²) in [6, 6.07) is 35.0. The molecule has 2 saturated heterocycles. The molecule has 6 rings (SSSR count). The number of ether oxygens (including phenoxy) is 3. The number of hydrogen-bond donors (Lipinski definition) is 0. The van der Waals surface area contributed by atoms with E-state index in [0.717, 1.165) is 60.4 Å². The van der Waals surface area contributed by atoms with Crippen molar-refractivity contribution < 1.29 is 31.7 Å². The number of nitrogens with zero attached hydrogens (tertiary/aromatic N) is 1. The first-order valence-electron chi connectivity index (χ1n) is 16.1. The quantitative estimate of drug-likeness (QED) is 0.0734. The van der Waals surface area contributed by atoms with Gasteiger partial charge in [0.2, 0.25) is 0 Å². The summed E-state index contributed by atoms with van der Waals surface area (Å²) in [5, 5.41) is 0. The summed E-state index contributed by atoms with van der Waals surface area (Å²) >= 11 is 0. The van der Waals surface area contributed by atoms with Crippen LogP contribution in [-0.2, 0) is 29.2 Å². The lowest BCUT2D eigenvalue weighted by Gasteiger charge is -2.36. The van der Waals surface area contributed by atoms with Crippen molar-refractivity contribution in [1.82, 2.24) is 4.67 Å². The number of benzene rings is 4. The van der Waals surface area contributed by atoms with E-state index in [1.54, 1.807) is 38.5 Å². The van der Waals surface area contributed by atoms with Crippen molar-refractivity contribution in [2.75, 3.05) is 39.7 Å². The summed E-state index contributed by atoms with van der Waals surface area (Å²) in [7, 11) is -1.43. The molecule has 0 radical (unpaired) electrons. The summed E-state index contributed by atoms with van der Waals surface area (Å²) in [6.07, 6.45) is 3.08. The van der Waals surface area contributed by atoms with Gasteiger partial charge in [-0.05, 0) is 78.8 Å². The molecule has 0 spiro atoms. The third-order valence-electron chi connectivity index (χ3n) is 8.85. The lowest BCUT2D eigenvalue weighted by molar-refractivity contribution is 0.00954. The van der Waals surface area contributed by atoms with Gasteiger partial charge in [0.15, 0.2) is 9.84 Å². The van der Waals surface area contributed by atoms with Crippen molar-refractivity contribution in [2.24, 2.45) is 0 Å². The largest absolute Gasteiger partial charge is 0.497 e. The number of rotatable bonds is 15. The molecule has 2 aliphatic rings. The Labute approximate surface area is 279 Å². The van der Waals surface area contributed by atoms with Gasteiger partial charge in [-0.15, -0.1) is 0 Å². The maximum atomic E-state index is 13.1. The summed E-state index contributed by atoms with van der Waals surface area (Å²) < 4.78 is 58.9. The first kappa shape index (κ1) is 33.6. The van der Waals surface area contributed by atoms with Gasteiger partial charge >= 0.3 is 0 Å². The van der Waals surface area contributed by atoms with E-state index < -0.39 is 30.1 Å². The molecule has 0 amide bonds. The molecule has 248 valence electrons. The van der Waals surface area contributed by atoms with Crippen LogP contribution < -0.4 is 9.47 Å². The zero-order valence-corrected chi connectivity index (χ0v) is 28.6. The minimum Gasteiger partial charge on any atom is -0.497 e. The molecule has 10 heteroatoms. The van der Waals surface area contributed by atoms with Crippen LogP contribution in [0.3, 0.4) is 0 Å². The molecule has 2 fully saturated rings. The van der Waals surface area contributed by atoms with Crippen molar-refractivity contribution in [2.45, 2.75) is 48.3 Å². The Hall–Kier alpha value is -3.30. The molecule has 0 aliphatic carbocycles. The zero-order chi connectivity index (χ0) is 32.7. The predicted octanol–water partition coefficient (Wildman–Crippen LogP) is 7.37. The second-order valence-electron chi connectivity index (χ2n) is 11.7. The number of unbranched alkanes of at least 4 members (excludes halogenated alkanes) is 1. The van der Waals surface area contributed by atoms with Gasteiger partial charge in [-0.1, -0.05) is 72.8 Å². The molecular weight excluding hydrogens is 633 g/mol. The maximum absolute atomic E-state index is 13.1. The average Bonchev–Trinajstić information content (AvgIpc) is 3.73. The molecule has 2 heterocycles. The Bertz CT molecular complexity index is 1620. The molecule has 47 heavy (non-hydrogen) atoms. The third-order valence-corrected chi connectivity index (χ3v) is 12.4. The normalized spacial score (nSPS) is 19.8. The van der Waals surface area contributed by atoms with E-state index in [1.165, 1.54) is 0 Å². The van der Waals surface area contributed by atoms with Crippen LogP contribution in [-0.4, -0.2) is 65.0 Å². The Morgan fingerprint density at radius 3 is 1.91 bits per heavy atom. The van der Waals surface area contributed by atoms with Crippen LogP contribution in [0.2, 0.25) is 0 Å². The van der Waals surface area contributed by atoms with Gasteiger partial charge < -0.3 is 23.3 Å². The Kier molecular flexibility index (Phi) is 10.9. The van der Waals surface area contributed by atoms with Crippen LogP contribution in [0.5, 0.6) is 11.5 Å². The van der Waals surface area contributed by atoms with Crippen LogP contribution in [0.15, 0.2) is 114 Å². The highest BCUT2D eigenvalue weighted by Gasteiger charge is 2.48. The second-order valence-corrected chi connectivity index (χ2v) is 15.2. The number of sulfone groups is 1. The van der Waals surface area contributed by atoms with Gasteiger partial charge in [0.05, 0.1) is 37.6 Å². The zero-order valence-electron chi connectivity index (χ0n) is 26.9. The smallest absolute Gasteiger partial charge is 0.259 e. The third kappa shape index (κ3) is 7.41. The monoisotopic (exact) mass is 675 g/mol. The molecule has 0 unspecified atom stereocenters. The first-order chi connectivity index (χ1) is 22.9. The molecule has 3 atom stereocenters. The van der Waals surface area contributed by atoms with E-state index in [4.69, 9.17) is 23.3 Å². The van der Waals surface area contributed by atoms with Gasteiger partial charge in [0.1, 0.15) is 17.1 Å². The van der Waals surface area contributed by atoms with Crippen LogP contribution in [0.1, 0.15) is 42.4 Å². The van der Waals surface area contributed by atoms with Crippen molar-refractivity contribution >= 4 is 18.4 Å². The fraction of sp³-hybridized carbons (Fsp3) is 0.351. The summed E-state index contributed by atoms with van der Waals surface area (Å²) in [4.78, 5) is 0.334. The highest BCUT2D eigenvalue weighted by Crippen LogP contribution is 2.56. The summed E-state index contributed by atoms with van der Waals surface area (Å²) in [5.41, 5.74) is 2.14. The van der Waals surface area contributed by atoms with Crippen molar-refractivity contribution in [3.63, 3.8) is 0 Å².